The van der Waals surface area contributed by atoms with Crippen LogP contribution < -0.4 is 10.1 Å². The molecule has 6 nitrogen and oxygen atoms in total. The number of benzene rings is 2. The Morgan fingerprint density at radius 1 is 1.15 bits per heavy atom. The van der Waals surface area contributed by atoms with Crippen molar-refractivity contribution < 1.29 is 9.53 Å². The van der Waals surface area contributed by atoms with Crippen molar-refractivity contribution in [1.29, 1.82) is 0 Å². The predicted molar refractivity (Wildman–Crippen MR) is 102 cm³/mol. The standard InChI is InChI=1S/C21H20N4O2/c1-14-19(15(2)26)20(25-21(24-14)22-13-23-25)17-8-10-18(11-9-17)27-12-16-6-4-3-5-7-16/h3-11,13,20H,12H2,1-2H3,(H,22,23,24)/t20-/m0/s1. The molecule has 0 saturated heterocycles. The number of ketones is 1. The molecule has 27 heavy (non-hydrogen) atoms. The van der Waals surface area contributed by atoms with Gasteiger partial charge in [0.2, 0.25) is 5.95 Å². The minimum absolute atomic E-state index is 0.00977. The van der Waals surface area contributed by atoms with Crippen LogP contribution >= 0.6 is 0 Å². The highest BCUT2D eigenvalue weighted by atomic mass is 16.5. The van der Waals surface area contributed by atoms with Crippen LogP contribution in [0.15, 0.2) is 72.2 Å². The Balaban J connectivity index is 1.60. The molecule has 0 radical (unpaired) electrons. The van der Waals surface area contributed by atoms with Crippen LogP contribution in [0, 0.1) is 0 Å². The number of fused-ring (bicyclic) bond motifs is 1. The highest BCUT2D eigenvalue weighted by Gasteiger charge is 2.31. The zero-order chi connectivity index (χ0) is 18.8. The highest BCUT2D eigenvalue weighted by Crippen LogP contribution is 2.35. The molecule has 1 N–H and O–H groups in total. The average molecular weight is 360 g/mol. The molecule has 1 aliphatic heterocycles. The second-order valence-corrected chi connectivity index (χ2v) is 6.49. The molecular weight excluding hydrogens is 340 g/mol. The Hall–Kier alpha value is -3.41. The molecule has 1 aromatic heterocycles. The smallest absolute Gasteiger partial charge is 0.226 e. The van der Waals surface area contributed by atoms with Crippen molar-refractivity contribution in [3.05, 3.63) is 83.3 Å². The first-order chi connectivity index (χ1) is 13.1. The highest BCUT2D eigenvalue weighted by molar-refractivity contribution is 5.96. The number of allylic oxidation sites excluding steroid dienone is 2. The van der Waals surface area contributed by atoms with Crippen molar-refractivity contribution in [3.63, 3.8) is 0 Å². The van der Waals surface area contributed by atoms with Crippen LogP contribution in [0.1, 0.15) is 31.0 Å². The molecule has 1 aliphatic rings. The van der Waals surface area contributed by atoms with E-state index in [9.17, 15) is 4.79 Å². The monoisotopic (exact) mass is 360 g/mol. The van der Waals surface area contributed by atoms with Gasteiger partial charge < -0.3 is 10.1 Å². The number of rotatable bonds is 5. The van der Waals surface area contributed by atoms with Gasteiger partial charge in [-0.25, -0.2) is 4.68 Å². The van der Waals surface area contributed by atoms with Gasteiger partial charge in [0.25, 0.3) is 0 Å². The maximum absolute atomic E-state index is 12.3. The largest absolute Gasteiger partial charge is 0.489 e. The summed E-state index contributed by atoms with van der Waals surface area (Å²) in [7, 11) is 0. The first kappa shape index (κ1) is 17.0. The van der Waals surface area contributed by atoms with Crippen LogP contribution in [0.25, 0.3) is 0 Å². The third-order valence-electron chi connectivity index (χ3n) is 4.62. The van der Waals surface area contributed by atoms with Gasteiger partial charge in [-0.3, -0.25) is 4.79 Å². The van der Waals surface area contributed by atoms with E-state index in [1.54, 1.807) is 11.6 Å². The van der Waals surface area contributed by atoms with Gasteiger partial charge in [-0.15, -0.1) is 0 Å². The number of aromatic nitrogens is 3. The lowest BCUT2D eigenvalue weighted by Gasteiger charge is -2.28. The molecule has 0 saturated carbocycles. The SMILES string of the molecule is CC(=O)C1=C(C)Nc2ncnn2[C@H]1c1ccc(OCc2ccccc2)cc1. The summed E-state index contributed by atoms with van der Waals surface area (Å²) in [6.45, 7) is 3.98. The van der Waals surface area contributed by atoms with Gasteiger partial charge in [0.1, 0.15) is 24.7 Å². The second-order valence-electron chi connectivity index (χ2n) is 6.49. The molecule has 2 aromatic carbocycles. The fourth-order valence-corrected chi connectivity index (χ4v) is 3.34. The van der Waals surface area contributed by atoms with Crippen molar-refractivity contribution in [2.45, 2.75) is 26.5 Å². The van der Waals surface area contributed by atoms with E-state index < -0.39 is 0 Å². The van der Waals surface area contributed by atoms with Gasteiger partial charge in [0, 0.05) is 11.3 Å². The summed E-state index contributed by atoms with van der Waals surface area (Å²) in [6, 6.07) is 17.5. The topological polar surface area (TPSA) is 69.0 Å². The van der Waals surface area contributed by atoms with Gasteiger partial charge in [0.05, 0.1) is 0 Å². The molecule has 4 rings (SSSR count). The number of ether oxygens (including phenoxy) is 1. The normalized spacial score (nSPS) is 15.9. The second kappa shape index (κ2) is 7.07. The third kappa shape index (κ3) is 3.33. The van der Waals surface area contributed by atoms with Crippen LogP contribution in [0.2, 0.25) is 0 Å². The fourth-order valence-electron chi connectivity index (χ4n) is 3.34. The average Bonchev–Trinajstić information content (AvgIpc) is 3.14. The van der Waals surface area contributed by atoms with E-state index in [0.29, 0.717) is 18.1 Å². The Kier molecular flexibility index (Phi) is 4.46. The Morgan fingerprint density at radius 2 is 1.89 bits per heavy atom. The maximum atomic E-state index is 12.3. The molecule has 0 fully saturated rings. The zero-order valence-electron chi connectivity index (χ0n) is 15.2. The maximum Gasteiger partial charge on any atom is 0.226 e. The molecule has 1 atom stereocenters. The van der Waals surface area contributed by atoms with Crippen LogP contribution in [-0.2, 0) is 11.4 Å². The van der Waals surface area contributed by atoms with Crippen molar-refractivity contribution in [2.24, 2.45) is 0 Å². The molecule has 0 unspecified atom stereocenters. The number of nitrogens with zero attached hydrogens (tertiary/aromatic N) is 3. The van der Waals surface area contributed by atoms with Crippen molar-refractivity contribution in [1.82, 2.24) is 14.8 Å². The number of nitrogens with one attached hydrogen (secondary N) is 1. The minimum atomic E-state index is -0.301. The lowest BCUT2D eigenvalue weighted by Crippen LogP contribution is -2.27. The predicted octanol–water partition coefficient (Wildman–Crippen LogP) is 3.74. The van der Waals surface area contributed by atoms with E-state index in [1.807, 2.05) is 61.5 Å². The summed E-state index contributed by atoms with van der Waals surface area (Å²) < 4.78 is 7.60. The number of carbonyl (C=O) groups excluding carboxylic acids is 1. The first-order valence-electron chi connectivity index (χ1n) is 8.78. The van der Waals surface area contributed by atoms with Gasteiger partial charge in [0.15, 0.2) is 5.78 Å². The Morgan fingerprint density at radius 3 is 2.59 bits per heavy atom. The van der Waals surface area contributed by atoms with Crippen LogP contribution in [0.4, 0.5) is 5.95 Å². The molecular formula is C21H20N4O2. The lowest BCUT2D eigenvalue weighted by molar-refractivity contribution is -0.114. The Bertz CT molecular complexity index is 991. The molecule has 3 aromatic rings. The zero-order valence-corrected chi connectivity index (χ0v) is 15.2. The molecule has 0 spiro atoms. The molecule has 0 amide bonds. The van der Waals surface area contributed by atoms with E-state index >= 15 is 0 Å². The molecule has 136 valence electrons. The summed E-state index contributed by atoms with van der Waals surface area (Å²) >= 11 is 0. The van der Waals surface area contributed by atoms with E-state index in [2.05, 4.69) is 15.4 Å². The summed E-state index contributed by atoms with van der Waals surface area (Å²) in [5.41, 5.74) is 3.56. The number of hydrogen-bond donors (Lipinski definition) is 1. The van der Waals surface area contributed by atoms with Gasteiger partial charge in [-0.1, -0.05) is 42.5 Å². The van der Waals surface area contributed by atoms with E-state index in [1.165, 1.54) is 6.33 Å². The third-order valence-corrected chi connectivity index (χ3v) is 4.62. The number of Topliss-reactive ketones (excluding diaryl/α,β-unsaturated/α-hetero) is 1. The summed E-state index contributed by atoms with van der Waals surface area (Å²) in [6.07, 6.45) is 1.49. The summed E-state index contributed by atoms with van der Waals surface area (Å²) in [4.78, 5) is 16.5. The number of anilines is 1. The van der Waals surface area contributed by atoms with Crippen LogP contribution in [0.5, 0.6) is 5.75 Å². The quantitative estimate of drug-likeness (QED) is 0.751. The van der Waals surface area contributed by atoms with Crippen molar-refractivity contribution >= 4 is 11.7 Å². The molecule has 0 bridgehead atoms. The molecule has 2 heterocycles. The number of hydrogen-bond acceptors (Lipinski definition) is 5. The Labute approximate surface area is 157 Å². The minimum Gasteiger partial charge on any atom is -0.489 e. The van der Waals surface area contributed by atoms with Crippen molar-refractivity contribution in [3.8, 4) is 5.75 Å². The van der Waals surface area contributed by atoms with Gasteiger partial charge in [-0.05, 0) is 37.1 Å². The van der Waals surface area contributed by atoms with Crippen LogP contribution in [-0.4, -0.2) is 20.5 Å². The lowest BCUT2D eigenvalue weighted by atomic mass is 9.93. The van der Waals surface area contributed by atoms with Crippen LogP contribution in [0.3, 0.4) is 0 Å². The van der Waals surface area contributed by atoms with E-state index in [-0.39, 0.29) is 11.8 Å². The molecule has 0 aliphatic carbocycles. The van der Waals surface area contributed by atoms with Gasteiger partial charge >= 0.3 is 0 Å². The van der Waals surface area contributed by atoms with E-state index in [4.69, 9.17) is 4.74 Å². The first-order valence-corrected chi connectivity index (χ1v) is 8.78. The molecule has 6 heteroatoms. The van der Waals surface area contributed by atoms with Crippen molar-refractivity contribution in [2.75, 3.05) is 5.32 Å². The summed E-state index contributed by atoms with van der Waals surface area (Å²) in [5.74, 6) is 1.42. The number of carbonyl (C=O) groups is 1. The van der Waals surface area contributed by atoms with Gasteiger partial charge in [-0.2, -0.15) is 10.1 Å². The fraction of sp³-hybridized carbons (Fsp3) is 0.190. The van der Waals surface area contributed by atoms with E-state index in [0.717, 1.165) is 22.6 Å². The summed E-state index contributed by atoms with van der Waals surface area (Å²) in [5, 5.41) is 7.45.